The molecule has 2 amide bonds. The van der Waals surface area contributed by atoms with E-state index < -0.39 is 11.9 Å². The molecule has 0 fully saturated rings. The normalized spacial score (nSPS) is 14.6. The summed E-state index contributed by atoms with van der Waals surface area (Å²) in [5, 5.41) is 16.9. The van der Waals surface area contributed by atoms with E-state index in [1.54, 1.807) is 19.2 Å². The molecule has 2 heterocycles. The summed E-state index contributed by atoms with van der Waals surface area (Å²) in [5.41, 5.74) is 2.07. The highest BCUT2D eigenvalue weighted by atomic mass is 16.3. The molecule has 0 aliphatic rings. The molecule has 4 N–H and O–H groups in total. The van der Waals surface area contributed by atoms with Gasteiger partial charge in [-0.15, -0.1) is 0 Å². The van der Waals surface area contributed by atoms with Crippen molar-refractivity contribution in [1.82, 2.24) is 20.6 Å². The van der Waals surface area contributed by atoms with Gasteiger partial charge in [0.25, 0.3) is 5.91 Å². The van der Waals surface area contributed by atoms with Crippen molar-refractivity contribution in [2.75, 3.05) is 6.61 Å². The first kappa shape index (κ1) is 19.8. The molecule has 28 heavy (non-hydrogen) atoms. The van der Waals surface area contributed by atoms with Crippen molar-refractivity contribution in [2.24, 2.45) is 5.92 Å². The monoisotopic (exact) mass is 382 g/mol. The zero-order valence-electron chi connectivity index (χ0n) is 16.3. The van der Waals surface area contributed by atoms with Crippen LogP contribution in [-0.4, -0.2) is 45.6 Å². The van der Waals surface area contributed by atoms with E-state index in [0.29, 0.717) is 0 Å². The number of aliphatic hydroxyl groups is 1. The minimum absolute atomic E-state index is 0.139. The number of benzene rings is 1. The minimum atomic E-state index is -0.744. The summed E-state index contributed by atoms with van der Waals surface area (Å²) in [5.74, 6) is -0.609. The Kier molecular flexibility index (Phi) is 5.94. The number of nitrogens with zero attached hydrogens (tertiary/aromatic N) is 1. The minimum Gasteiger partial charge on any atom is -0.394 e. The molecule has 0 aliphatic carbocycles. The molecule has 3 unspecified atom stereocenters. The van der Waals surface area contributed by atoms with Gasteiger partial charge in [0.2, 0.25) is 5.91 Å². The maximum Gasteiger partial charge on any atom is 0.270 e. The maximum absolute atomic E-state index is 12.6. The van der Waals surface area contributed by atoms with Gasteiger partial charge in [0.1, 0.15) is 11.7 Å². The van der Waals surface area contributed by atoms with Crippen LogP contribution in [0.5, 0.6) is 0 Å². The molecule has 3 rings (SSSR count). The van der Waals surface area contributed by atoms with E-state index in [0.717, 1.165) is 28.2 Å². The number of rotatable bonds is 7. The first-order valence-electron chi connectivity index (χ1n) is 9.53. The summed E-state index contributed by atoms with van der Waals surface area (Å²) in [7, 11) is 0. The largest absolute Gasteiger partial charge is 0.394 e. The van der Waals surface area contributed by atoms with Crippen LogP contribution in [0.4, 0.5) is 0 Å². The zero-order chi connectivity index (χ0) is 20.3. The maximum atomic E-state index is 12.6. The topological polar surface area (TPSA) is 107 Å². The number of pyridine rings is 1. The number of aromatic amines is 1. The first-order chi connectivity index (χ1) is 13.4. The number of H-pyrrole nitrogens is 1. The van der Waals surface area contributed by atoms with Gasteiger partial charge in [-0.3, -0.25) is 9.59 Å². The van der Waals surface area contributed by atoms with Crippen LogP contribution < -0.4 is 10.6 Å². The van der Waals surface area contributed by atoms with Crippen molar-refractivity contribution in [1.29, 1.82) is 0 Å². The van der Waals surface area contributed by atoms with Crippen LogP contribution in [-0.2, 0) is 4.79 Å². The Hall–Kier alpha value is -2.93. The second kappa shape index (κ2) is 8.39. The average molecular weight is 382 g/mol. The molecule has 0 spiro atoms. The van der Waals surface area contributed by atoms with Gasteiger partial charge in [0.15, 0.2) is 0 Å². The summed E-state index contributed by atoms with van der Waals surface area (Å²) >= 11 is 0. The van der Waals surface area contributed by atoms with E-state index in [2.05, 4.69) is 20.6 Å². The predicted molar refractivity (Wildman–Crippen MR) is 109 cm³/mol. The highest BCUT2D eigenvalue weighted by Crippen LogP contribution is 2.24. The Morgan fingerprint density at radius 1 is 1.14 bits per heavy atom. The molecule has 3 aromatic rings. The molecular weight excluding hydrogens is 356 g/mol. The van der Waals surface area contributed by atoms with Crippen molar-refractivity contribution in [3.63, 3.8) is 0 Å². The van der Waals surface area contributed by atoms with Gasteiger partial charge in [-0.05, 0) is 25.0 Å². The Bertz CT molecular complexity index is 998. The zero-order valence-corrected chi connectivity index (χ0v) is 16.3. The number of carbonyl (C=O) groups is 2. The van der Waals surface area contributed by atoms with Gasteiger partial charge in [0, 0.05) is 16.3 Å². The third-order valence-corrected chi connectivity index (χ3v) is 5.22. The molecule has 0 saturated heterocycles. The van der Waals surface area contributed by atoms with Gasteiger partial charge < -0.3 is 20.7 Å². The van der Waals surface area contributed by atoms with E-state index in [-0.39, 0.29) is 30.2 Å². The number of amides is 2. The molecule has 0 bridgehead atoms. The lowest BCUT2D eigenvalue weighted by Gasteiger charge is -2.24. The second-order valence-corrected chi connectivity index (χ2v) is 7.16. The van der Waals surface area contributed by atoms with E-state index in [1.807, 2.05) is 38.1 Å². The molecule has 7 heteroatoms. The summed E-state index contributed by atoms with van der Waals surface area (Å²) in [6.07, 6.45) is 2.46. The number of hydrogen-bond acceptors (Lipinski definition) is 4. The summed E-state index contributed by atoms with van der Waals surface area (Å²) < 4.78 is 0. The molecule has 7 nitrogen and oxygen atoms in total. The number of nitrogens with one attached hydrogen (secondary N) is 3. The molecular formula is C21H26N4O3. The fraction of sp³-hybridized carbons (Fsp3) is 0.381. The smallest absolute Gasteiger partial charge is 0.270 e. The van der Waals surface area contributed by atoms with E-state index >= 15 is 0 Å². The summed E-state index contributed by atoms with van der Waals surface area (Å²) in [6, 6.07) is 8.48. The van der Waals surface area contributed by atoms with Gasteiger partial charge in [0.05, 0.1) is 24.4 Å². The predicted octanol–water partition coefficient (Wildman–Crippen LogP) is 2.36. The third-order valence-electron chi connectivity index (χ3n) is 5.22. The van der Waals surface area contributed by atoms with Gasteiger partial charge >= 0.3 is 0 Å². The van der Waals surface area contributed by atoms with Crippen LogP contribution in [0.1, 0.15) is 37.7 Å². The highest BCUT2D eigenvalue weighted by molar-refractivity contribution is 6.09. The van der Waals surface area contributed by atoms with E-state index in [4.69, 9.17) is 0 Å². The van der Waals surface area contributed by atoms with Crippen LogP contribution >= 0.6 is 0 Å². The van der Waals surface area contributed by atoms with Crippen LogP contribution in [0.2, 0.25) is 0 Å². The number of hydrogen-bond donors (Lipinski definition) is 4. The Morgan fingerprint density at radius 3 is 2.61 bits per heavy atom. The van der Waals surface area contributed by atoms with Crippen LogP contribution in [0.3, 0.4) is 0 Å². The lowest BCUT2D eigenvalue weighted by atomic mass is 9.99. The quantitative estimate of drug-likeness (QED) is 0.503. The lowest BCUT2D eigenvalue weighted by molar-refractivity contribution is -0.124. The average Bonchev–Trinajstić information content (AvgIpc) is 3.08. The van der Waals surface area contributed by atoms with Crippen molar-refractivity contribution >= 4 is 33.6 Å². The molecule has 0 saturated carbocycles. The molecule has 0 aliphatic heterocycles. The van der Waals surface area contributed by atoms with Crippen LogP contribution in [0.25, 0.3) is 21.8 Å². The summed E-state index contributed by atoms with van der Waals surface area (Å²) in [4.78, 5) is 32.5. The highest BCUT2D eigenvalue weighted by Gasteiger charge is 2.23. The number of para-hydroxylation sites is 1. The molecule has 0 radical (unpaired) electrons. The number of aromatic nitrogens is 2. The SMILES string of the molecule is CCC(C)C(CO)NC(=O)C(C)NC(=O)c1cc2c(cn1)[nH]c1ccccc12. The number of fused-ring (bicyclic) bond motifs is 3. The van der Waals surface area contributed by atoms with Crippen molar-refractivity contribution in [3.05, 3.63) is 42.2 Å². The van der Waals surface area contributed by atoms with Gasteiger partial charge in [-0.1, -0.05) is 38.5 Å². The Labute approximate surface area is 163 Å². The fourth-order valence-corrected chi connectivity index (χ4v) is 3.17. The van der Waals surface area contributed by atoms with Crippen molar-refractivity contribution in [2.45, 2.75) is 39.3 Å². The van der Waals surface area contributed by atoms with Crippen LogP contribution in [0.15, 0.2) is 36.5 Å². The molecule has 1 aromatic carbocycles. The number of aliphatic hydroxyl groups excluding tert-OH is 1. The fourth-order valence-electron chi connectivity index (χ4n) is 3.17. The summed E-state index contributed by atoms with van der Waals surface area (Å²) in [6.45, 7) is 5.44. The second-order valence-electron chi connectivity index (χ2n) is 7.16. The molecule has 3 atom stereocenters. The van der Waals surface area contributed by atoms with E-state index in [1.165, 1.54) is 0 Å². The standard InChI is InChI=1S/C21H26N4O3/c1-4-12(2)19(11-26)25-20(27)13(3)23-21(28)17-9-15-14-7-5-6-8-16(14)24-18(15)10-22-17/h5-10,12-13,19,24,26H,4,11H2,1-3H3,(H,23,28)(H,25,27). The lowest BCUT2D eigenvalue weighted by Crippen LogP contribution is -2.50. The first-order valence-corrected chi connectivity index (χ1v) is 9.53. The van der Waals surface area contributed by atoms with Gasteiger partial charge in [-0.2, -0.15) is 0 Å². The molecule has 2 aromatic heterocycles. The van der Waals surface area contributed by atoms with Gasteiger partial charge in [-0.25, -0.2) is 4.98 Å². The Morgan fingerprint density at radius 2 is 1.89 bits per heavy atom. The van der Waals surface area contributed by atoms with Crippen molar-refractivity contribution in [3.8, 4) is 0 Å². The van der Waals surface area contributed by atoms with Crippen molar-refractivity contribution < 1.29 is 14.7 Å². The Balaban J connectivity index is 1.73. The third kappa shape index (κ3) is 3.99. The molecule has 148 valence electrons. The van der Waals surface area contributed by atoms with E-state index in [9.17, 15) is 14.7 Å². The number of carbonyl (C=O) groups excluding carboxylic acids is 2. The van der Waals surface area contributed by atoms with Crippen LogP contribution in [0, 0.1) is 5.92 Å².